The van der Waals surface area contributed by atoms with E-state index in [-0.39, 0.29) is 5.91 Å². The van der Waals surface area contributed by atoms with E-state index < -0.39 is 0 Å². The molecule has 3 atom stereocenters. The molecule has 0 aliphatic heterocycles. The van der Waals surface area contributed by atoms with Crippen LogP contribution in [0, 0.1) is 5.92 Å². The fourth-order valence-electron chi connectivity index (χ4n) is 3.53. The molecule has 0 spiro atoms. The van der Waals surface area contributed by atoms with Gasteiger partial charge in [-0.2, -0.15) is 0 Å². The van der Waals surface area contributed by atoms with Crippen molar-refractivity contribution in [1.82, 2.24) is 5.32 Å². The highest BCUT2D eigenvalue weighted by molar-refractivity contribution is 5.77. The van der Waals surface area contributed by atoms with E-state index in [0.29, 0.717) is 18.5 Å². The first-order valence-corrected chi connectivity index (χ1v) is 9.38. The zero-order valence-corrected chi connectivity index (χ0v) is 15.8. The zero-order chi connectivity index (χ0) is 17.5. The summed E-state index contributed by atoms with van der Waals surface area (Å²) in [6.07, 6.45) is 4.94. The third kappa shape index (κ3) is 5.52. The third-order valence-electron chi connectivity index (χ3n) is 5.28. The molecule has 1 amide bonds. The summed E-state index contributed by atoms with van der Waals surface area (Å²) >= 11 is 0. The van der Waals surface area contributed by atoms with Crippen molar-refractivity contribution >= 4 is 11.6 Å². The number of rotatable bonds is 7. The van der Waals surface area contributed by atoms with Gasteiger partial charge < -0.3 is 15.1 Å². The second-order valence-electron chi connectivity index (χ2n) is 7.45. The van der Waals surface area contributed by atoms with Gasteiger partial charge in [0.15, 0.2) is 6.54 Å². The van der Waals surface area contributed by atoms with Crippen LogP contribution in [0.2, 0.25) is 0 Å². The lowest BCUT2D eigenvalue weighted by Gasteiger charge is -2.30. The van der Waals surface area contributed by atoms with E-state index in [4.69, 9.17) is 0 Å². The molecule has 1 saturated carbocycles. The van der Waals surface area contributed by atoms with E-state index in [1.54, 1.807) is 0 Å². The van der Waals surface area contributed by atoms with Gasteiger partial charge in [-0.3, -0.25) is 4.79 Å². The van der Waals surface area contributed by atoms with Crippen LogP contribution in [0.25, 0.3) is 0 Å². The van der Waals surface area contributed by atoms with Crippen LogP contribution in [0.3, 0.4) is 0 Å². The van der Waals surface area contributed by atoms with Crippen LogP contribution >= 0.6 is 0 Å². The molecule has 0 saturated heterocycles. The van der Waals surface area contributed by atoms with E-state index in [2.05, 4.69) is 62.4 Å². The molecule has 0 bridgehead atoms. The number of nitrogens with zero attached hydrogens (tertiary/aromatic N) is 1. The van der Waals surface area contributed by atoms with Crippen LogP contribution in [0.15, 0.2) is 24.3 Å². The molecule has 0 heterocycles. The normalized spacial score (nSPS) is 22.0. The van der Waals surface area contributed by atoms with E-state index in [1.807, 2.05) is 0 Å². The van der Waals surface area contributed by atoms with Crippen molar-refractivity contribution in [3.63, 3.8) is 0 Å². The van der Waals surface area contributed by atoms with Gasteiger partial charge in [0.05, 0.1) is 6.54 Å². The highest BCUT2D eigenvalue weighted by Gasteiger charge is 2.24. The quantitative estimate of drug-likeness (QED) is 0.800. The van der Waals surface area contributed by atoms with Crippen LogP contribution in [0.1, 0.15) is 45.1 Å². The first-order chi connectivity index (χ1) is 11.5. The number of nitrogens with one attached hydrogen (secondary N) is 2. The Balaban J connectivity index is 1.85. The fourth-order valence-corrected chi connectivity index (χ4v) is 3.53. The largest absolute Gasteiger partial charge is 0.378 e. The summed E-state index contributed by atoms with van der Waals surface area (Å²) in [7, 11) is 4.10. The number of anilines is 1. The summed E-state index contributed by atoms with van der Waals surface area (Å²) < 4.78 is 0. The second kappa shape index (κ2) is 9.07. The summed E-state index contributed by atoms with van der Waals surface area (Å²) in [5, 5.41) is 3.28. The van der Waals surface area contributed by atoms with Crippen LogP contribution in [-0.2, 0) is 11.3 Å². The Labute approximate surface area is 147 Å². The Kier molecular flexibility index (Phi) is 7.10. The molecule has 4 nitrogen and oxygen atoms in total. The lowest BCUT2D eigenvalue weighted by atomic mass is 9.86. The highest BCUT2D eigenvalue weighted by atomic mass is 16.2. The molecule has 1 unspecified atom stereocenters. The number of carbonyl (C=O) groups is 1. The summed E-state index contributed by atoms with van der Waals surface area (Å²) in [5.74, 6) is 0.821. The fraction of sp³-hybridized carbons (Fsp3) is 0.650. The number of hydrogen-bond acceptors (Lipinski definition) is 2. The molecule has 0 aromatic heterocycles. The number of hydrogen-bond donors (Lipinski definition) is 2. The average Bonchev–Trinajstić information content (AvgIpc) is 2.56. The molecular formula is C20H34N3O+. The van der Waals surface area contributed by atoms with Crippen LogP contribution < -0.4 is 15.1 Å². The minimum atomic E-state index is 0.204. The van der Waals surface area contributed by atoms with Crippen LogP contribution in [-0.4, -0.2) is 39.1 Å². The van der Waals surface area contributed by atoms with E-state index in [1.165, 1.54) is 35.4 Å². The molecule has 1 aromatic rings. The van der Waals surface area contributed by atoms with Gasteiger partial charge in [-0.1, -0.05) is 31.9 Å². The number of quaternary nitrogens is 1. The van der Waals surface area contributed by atoms with Gasteiger partial charge in [-0.15, -0.1) is 0 Å². The Morgan fingerprint density at radius 2 is 1.88 bits per heavy atom. The standard InChI is InChI=1S/C20H33N3O/c1-5-23(14-17-10-12-18(13-11-17)22(3)4)15-20(24)21-19-9-7-6-8-16(19)2/h10-13,16,19H,5-9,14-15H2,1-4H3,(H,21,24)/p+1/t16-,19+/m0/s1. The van der Waals surface area contributed by atoms with Gasteiger partial charge in [-0.05, 0) is 37.8 Å². The van der Waals surface area contributed by atoms with Gasteiger partial charge in [0, 0.05) is 31.4 Å². The molecule has 2 N–H and O–H groups in total. The van der Waals surface area contributed by atoms with Crippen molar-refractivity contribution in [3.8, 4) is 0 Å². The Bertz CT molecular complexity index is 512. The molecular weight excluding hydrogens is 298 g/mol. The average molecular weight is 333 g/mol. The van der Waals surface area contributed by atoms with Gasteiger partial charge in [0.25, 0.3) is 5.91 Å². The number of carbonyl (C=O) groups excluding carboxylic acids is 1. The molecule has 1 aromatic carbocycles. The highest BCUT2D eigenvalue weighted by Crippen LogP contribution is 2.23. The molecule has 0 radical (unpaired) electrons. The van der Waals surface area contributed by atoms with Crippen LogP contribution in [0.4, 0.5) is 5.69 Å². The van der Waals surface area contributed by atoms with Crippen molar-refractivity contribution in [3.05, 3.63) is 29.8 Å². The maximum Gasteiger partial charge on any atom is 0.275 e. The minimum Gasteiger partial charge on any atom is -0.378 e. The van der Waals surface area contributed by atoms with Gasteiger partial charge >= 0.3 is 0 Å². The number of likely N-dealkylation sites (N-methyl/N-ethyl adjacent to an activating group) is 1. The first kappa shape index (κ1) is 18.8. The maximum atomic E-state index is 12.4. The molecule has 1 aliphatic rings. The Hall–Kier alpha value is -1.55. The summed E-state index contributed by atoms with van der Waals surface area (Å²) in [4.78, 5) is 15.8. The van der Waals surface area contributed by atoms with Crippen molar-refractivity contribution in [2.45, 2.75) is 52.1 Å². The number of amides is 1. The molecule has 1 fully saturated rings. The van der Waals surface area contributed by atoms with E-state index in [9.17, 15) is 4.79 Å². The molecule has 2 rings (SSSR count). The van der Waals surface area contributed by atoms with Gasteiger partial charge in [0.2, 0.25) is 0 Å². The monoisotopic (exact) mass is 332 g/mol. The van der Waals surface area contributed by atoms with Crippen molar-refractivity contribution in [2.75, 3.05) is 32.1 Å². The van der Waals surface area contributed by atoms with Gasteiger partial charge in [-0.25, -0.2) is 0 Å². The summed E-state index contributed by atoms with van der Waals surface area (Å²) in [5.41, 5.74) is 2.50. The predicted molar refractivity (Wildman–Crippen MR) is 100 cm³/mol. The third-order valence-corrected chi connectivity index (χ3v) is 5.28. The molecule has 4 heteroatoms. The number of benzene rings is 1. The molecule has 1 aliphatic carbocycles. The molecule has 134 valence electrons. The van der Waals surface area contributed by atoms with Crippen molar-refractivity contribution in [1.29, 1.82) is 0 Å². The lowest BCUT2D eigenvalue weighted by molar-refractivity contribution is -0.904. The van der Waals surface area contributed by atoms with Crippen molar-refractivity contribution < 1.29 is 9.69 Å². The Morgan fingerprint density at radius 3 is 2.46 bits per heavy atom. The predicted octanol–water partition coefficient (Wildman–Crippen LogP) is 1.85. The molecule has 24 heavy (non-hydrogen) atoms. The van der Waals surface area contributed by atoms with Gasteiger partial charge in [0.1, 0.15) is 6.54 Å². The summed E-state index contributed by atoms with van der Waals surface area (Å²) in [6.45, 7) is 6.84. The van der Waals surface area contributed by atoms with Crippen molar-refractivity contribution in [2.24, 2.45) is 5.92 Å². The topological polar surface area (TPSA) is 36.8 Å². The smallest absolute Gasteiger partial charge is 0.275 e. The zero-order valence-electron chi connectivity index (χ0n) is 15.8. The van der Waals surface area contributed by atoms with E-state index >= 15 is 0 Å². The summed E-state index contributed by atoms with van der Waals surface area (Å²) in [6, 6.07) is 9.01. The first-order valence-electron chi connectivity index (χ1n) is 9.38. The minimum absolute atomic E-state index is 0.204. The van der Waals surface area contributed by atoms with Crippen LogP contribution in [0.5, 0.6) is 0 Å². The SMILES string of the molecule is CC[NH+](CC(=O)N[C@@H]1CCCC[C@@H]1C)Cc1ccc(N(C)C)cc1. The Morgan fingerprint density at radius 1 is 1.21 bits per heavy atom. The second-order valence-corrected chi connectivity index (χ2v) is 7.45. The lowest BCUT2D eigenvalue weighted by Crippen LogP contribution is -3.11. The maximum absolute atomic E-state index is 12.4. The van der Waals surface area contributed by atoms with E-state index in [0.717, 1.165) is 19.5 Å².